The lowest BCUT2D eigenvalue weighted by Crippen LogP contribution is -2.46. The molecule has 29 heavy (non-hydrogen) atoms. The van der Waals surface area contributed by atoms with E-state index in [0.29, 0.717) is 32.5 Å². The van der Waals surface area contributed by atoms with Crippen LogP contribution in [0.5, 0.6) is 0 Å². The van der Waals surface area contributed by atoms with E-state index in [1.165, 1.54) is 5.56 Å². The van der Waals surface area contributed by atoms with Crippen molar-refractivity contribution in [2.24, 2.45) is 11.7 Å². The van der Waals surface area contributed by atoms with Crippen LogP contribution in [0.25, 0.3) is 0 Å². The predicted octanol–water partition coefficient (Wildman–Crippen LogP) is 3.28. The number of amides is 2. The molecule has 1 heterocycles. The van der Waals surface area contributed by atoms with Crippen LogP contribution in [0.3, 0.4) is 0 Å². The third-order valence-electron chi connectivity index (χ3n) is 5.47. The van der Waals surface area contributed by atoms with Gasteiger partial charge in [-0.05, 0) is 37.8 Å². The quantitative estimate of drug-likeness (QED) is 0.786. The molecule has 5 nitrogen and oxygen atoms in total. The zero-order valence-corrected chi connectivity index (χ0v) is 17.9. The van der Waals surface area contributed by atoms with E-state index in [1.54, 1.807) is 4.90 Å². The summed E-state index contributed by atoms with van der Waals surface area (Å²) in [6.07, 6.45) is 1.35. The highest BCUT2D eigenvalue weighted by atomic mass is 35.5. The number of nitrogens with zero attached hydrogens (tertiary/aromatic N) is 1. The number of nitrogens with two attached hydrogens (primary N) is 1. The van der Waals surface area contributed by atoms with Gasteiger partial charge in [0.15, 0.2) is 0 Å². The van der Waals surface area contributed by atoms with Crippen LogP contribution in [0.2, 0.25) is 0 Å². The van der Waals surface area contributed by atoms with Crippen molar-refractivity contribution < 1.29 is 9.59 Å². The Labute approximate surface area is 179 Å². The van der Waals surface area contributed by atoms with Gasteiger partial charge in [-0.3, -0.25) is 9.59 Å². The first-order valence-corrected chi connectivity index (χ1v) is 9.88. The molecule has 0 aromatic heterocycles. The number of benzene rings is 2. The molecule has 0 bridgehead atoms. The van der Waals surface area contributed by atoms with Gasteiger partial charge in [0.05, 0.1) is 0 Å². The summed E-state index contributed by atoms with van der Waals surface area (Å²) in [5.74, 6) is -0.0528. The number of aryl methyl sites for hydroxylation is 2. The number of carbonyl (C=O) groups is 2. The van der Waals surface area contributed by atoms with Crippen molar-refractivity contribution in [2.45, 2.75) is 39.3 Å². The van der Waals surface area contributed by atoms with Gasteiger partial charge < -0.3 is 16.0 Å². The van der Waals surface area contributed by atoms with Gasteiger partial charge in [-0.2, -0.15) is 0 Å². The largest absolute Gasteiger partial charge is 0.352 e. The Morgan fingerprint density at radius 1 is 1.00 bits per heavy atom. The summed E-state index contributed by atoms with van der Waals surface area (Å²) in [6.45, 7) is 5.73. The van der Waals surface area contributed by atoms with Crippen molar-refractivity contribution in [1.29, 1.82) is 0 Å². The van der Waals surface area contributed by atoms with Crippen LogP contribution in [-0.2, 0) is 16.1 Å². The normalized spacial score (nSPS) is 15.3. The molecule has 1 aliphatic heterocycles. The average molecular weight is 416 g/mol. The third kappa shape index (κ3) is 6.05. The smallest absolute Gasteiger partial charge is 0.244 e. The van der Waals surface area contributed by atoms with E-state index >= 15 is 0 Å². The summed E-state index contributed by atoms with van der Waals surface area (Å²) < 4.78 is 0. The molecule has 0 saturated carbocycles. The molecule has 0 spiro atoms. The van der Waals surface area contributed by atoms with Crippen molar-refractivity contribution >= 4 is 24.2 Å². The minimum atomic E-state index is -0.646. The molecule has 3 rings (SSSR count). The molecular weight excluding hydrogens is 386 g/mol. The molecule has 1 saturated heterocycles. The maximum absolute atomic E-state index is 12.7. The number of halogens is 1. The van der Waals surface area contributed by atoms with E-state index in [0.717, 1.165) is 16.7 Å². The maximum atomic E-state index is 12.7. The minimum absolute atomic E-state index is 0. The second kappa shape index (κ2) is 10.4. The first-order chi connectivity index (χ1) is 13.4. The summed E-state index contributed by atoms with van der Waals surface area (Å²) in [7, 11) is 0. The van der Waals surface area contributed by atoms with Crippen LogP contribution in [0.4, 0.5) is 0 Å². The highest BCUT2D eigenvalue weighted by molar-refractivity contribution is 5.85. The zero-order chi connectivity index (χ0) is 20.1. The number of hydrogen-bond acceptors (Lipinski definition) is 3. The molecule has 2 aromatic carbocycles. The minimum Gasteiger partial charge on any atom is -0.352 e. The van der Waals surface area contributed by atoms with E-state index in [-0.39, 0.29) is 30.1 Å². The SMILES string of the molecule is Cc1ccc(CNC(=O)C2CCN(C(=O)C(N)c3ccc(C)cc3)CC2)cc1.Cl. The van der Waals surface area contributed by atoms with E-state index in [1.807, 2.05) is 62.4 Å². The number of hydrogen-bond donors (Lipinski definition) is 2. The highest BCUT2D eigenvalue weighted by Crippen LogP contribution is 2.21. The van der Waals surface area contributed by atoms with Gasteiger partial charge >= 0.3 is 0 Å². The molecule has 0 radical (unpaired) electrons. The van der Waals surface area contributed by atoms with Gasteiger partial charge in [0, 0.05) is 25.6 Å². The Morgan fingerprint density at radius 3 is 2.07 bits per heavy atom. The van der Waals surface area contributed by atoms with Crippen molar-refractivity contribution in [1.82, 2.24) is 10.2 Å². The molecule has 3 N–H and O–H groups in total. The van der Waals surface area contributed by atoms with E-state index in [4.69, 9.17) is 5.73 Å². The molecule has 156 valence electrons. The van der Waals surface area contributed by atoms with E-state index in [2.05, 4.69) is 5.32 Å². The second-order valence-electron chi connectivity index (χ2n) is 7.69. The molecule has 0 aliphatic carbocycles. The summed E-state index contributed by atoms with van der Waals surface area (Å²) >= 11 is 0. The van der Waals surface area contributed by atoms with Crippen molar-refractivity contribution in [3.05, 3.63) is 70.8 Å². The van der Waals surface area contributed by atoms with E-state index in [9.17, 15) is 9.59 Å². The average Bonchev–Trinajstić information content (AvgIpc) is 2.73. The van der Waals surface area contributed by atoms with Crippen LogP contribution < -0.4 is 11.1 Å². The Hall–Kier alpha value is -2.37. The lowest BCUT2D eigenvalue weighted by molar-refractivity contribution is -0.136. The lowest BCUT2D eigenvalue weighted by atomic mass is 9.94. The van der Waals surface area contributed by atoms with Gasteiger partial charge in [-0.15, -0.1) is 12.4 Å². The van der Waals surface area contributed by atoms with Gasteiger partial charge in [-0.25, -0.2) is 0 Å². The van der Waals surface area contributed by atoms with Gasteiger partial charge in [0.25, 0.3) is 0 Å². The number of piperidine rings is 1. The molecule has 2 amide bonds. The fourth-order valence-electron chi connectivity index (χ4n) is 3.51. The molecule has 6 heteroatoms. The number of likely N-dealkylation sites (tertiary alicyclic amines) is 1. The van der Waals surface area contributed by atoms with Gasteiger partial charge in [-0.1, -0.05) is 59.7 Å². The first-order valence-electron chi connectivity index (χ1n) is 9.88. The summed E-state index contributed by atoms with van der Waals surface area (Å²) in [6, 6.07) is 15.2. The summed E-state index contributed by atoms with van der Waals surface area (Å²) in [5, 5.41) is 3.02. The fraction of sp³-hybridized carbons (Fsp3) is 0.391. The molecule has 1 unspecified atom stereocenters. The molecule has 1 aliphatic rings. The van der Waals surface area contributed by atoms with Crippen molar-refractivity contribution in [3.8, 4) is 0 Å². The number of rotatable bonds is 5. The summed E-state index contributed by atoms with van der Waals surface area (Å²) in [4.78, 5) is 26.9. The van der Waals surface area contributed by atoms with Crippen LogP contribution in [-0.4, -0.2) is 29.8 Å². The Bertz CT molecular complexity index is 813. The monoisotopic (exact) mass is 415 g/mol. The van der Waals surface area contributed by atoms with Crippen molar-refractivity contribution in [2.75, 3.05) is 13.1 Å². The summed E-state index contributed by atoms with van der Waals surface area (Å²) in [5.41, 5.74) is 10.4. The standard InChI is InChI=1S/C23H29N3O2.ClH/c1-16-3-7-18(8-4-16)15-25-22(27)20-11-13-26(14-12-20)23(28)21(24)19-9-5-17(2)6-10-19;/h3-10,20-21H,11-15,24H2,1-2H3,(H,25,27);1H. The van der Waals surface area contributed by atoms with E-state index < -0.39 is 6.04 Å². The van der Waals surface area contributed by atoms with Crippen LogP contribution in [0.1, 0.15) is 41.1 Å². The fourth-order valence-corrected chi connectivity index (χ4v) is 3.51. The number of carbonyl (C=O) groups excluding carboxylic acids is 2. The first kappa shape index (κ1) is 22.9. The Kier molecular flexibility index (Phi) is 8.23. The predicted molar refractivity (Wildman–Crippen MR) is 118 cm³/mol. The molecule has 1 fully saturated rings. The molecular formula is C23H30ClN3O2. The highest BCUT2D eigenvalue weighted by Gasteiger charge is 2.29. The van der Waals surface area contributed by atoms with Crippen LogP contribution >= 0.6 is 12.4 Å². The number of nitrogens with one attached hydrogen (secondary N) is 1. The maximum Gasteiger partial charge on any atom is 0.244 e. The topological polar surface area (TPSA) is 75.4 Å². The molecule has 1 atom stereocenters. The Morgan fingerprint density at radius 2 is 1.52 bits per heavy atom. The Balaban J connectivity index is 0.00000300. The van der Waals surface area contributed by atoms with Crippen molar-refractivity contribution in [3.63, 3.8) is 0 Å². The van der Waals surface area contributed by atoms with Gasteiger partial charge in [0.1, 0.15) is 6.04 Å². The third-order valence-corrected chi connectivity index (χ3v) is 5.47. The zero-order valence-electron chi connectivity index (χ0n) is 17.1. The van der Waals surface area contributed by atoms with Crippen LogP contribution in [0, 0.1) is 19.8 Å². The lowest BCUT2D eigenvalue weighted by Gasteiger charge is -2.33. The van der Waals surface area contributed by atoms with Gasteiger partial charge in [0.2, 0.25) is 11.8 Å². The second-order valence-corrected chi connectivity index (χ2v) is 7.69. The van der Waals surface area contributed by atoms with Crippen LogP contribution in [0.15, 0.2) is 48.5 Å². The molecule has 2 aromatic rings.